The Bertz CT molecular complexity index is 962. The van der Waals surface area contributed by atoms with E-state index in [1.807, 2.05) is 55.6 Å². The molecule has 3 heterocycles. The highest BCUT2D eigenvalue weighted by molar-refractivity contribution is 6.03. The molecular weight excluding hydrogens is 370 g/mol. The summed E-state index contributed by atoms with van der Waals surface area (Å²) < 4.78 is 16.2. The molecule has 1 amide bonds. The Kier molecular flexibility index (Phi) is 5.48. The first-order valence-corrected chi connectivity index (χ1v) is 9.55. The largest absolute Gasteiger partial charge is 0.497 e. The number of amides is 1. The van der Waals surface area contributed by atoms with Gasteiger partial charge in [0, 0.05) is 6.42 Å². The van der Waals surface area contributed by atoms with Crippen molar-refractivity contribution in [2.75, 3.05) is 20.7 Å². The number of likely N-dealkylation sites (N-methyl/N-ethyl adjacent to an activating group) is 1. The summed E-state index contributed by atoms with van der Waals surface area (Å²) >= 11 is 0. The predicted octanol–water partition coefficient (Wildman–Crippen LogP) is 2.27. The molecule has 0 aliphatic carbocycles. The number of rotatable bonds is 7. The molecule has 7 heteroatoms. The van der Waals surface area contributed by atoms with E-state index in [0.717, 1.165) is 33.4 Å². The van der Waals surface area contributed by atoms with Crippen molar-refractivity contribution < 1.29 is 23.3 Å². The van der Waals surface area contributed by atoms with Crippen LogP contribution in [0.5, 0.6) is 5.75 Å². The molecule has 150 valence electrons. The van der Waals surface area contributed by atoms with E-state index in [-0.39, 0.29) is 11.9 Å². The van der Waals surface area contributed by atoms with Crippen molar-refractivity contribution in [3.05, 3.63) is 78.1 Å². The Morgan fingerprint density at radius 2 is 1.93 bits per heavy atom. The lowest BCUT2D eigenvalue weighted by molar-refractivity contribution is -0.886. The third kappa shape index (κ3) is 4.25. The summed E-state index contributed by atoms with van der Waals surface area (Å²) in [5.41, 5.74) is 1.82. The Morgan fingerprint density at radius 1 is 1.17 bits per heavy atom. The highest BCUT2D eigenvalue weighted by atomic mass is 16.5. The number of carbonyl (C=O) groups is 1. The van der Waals surface area contributed by atoms with Crippen molar-refractivity contribution in [3.63, 3.8) is 0 Å². The van der Waals surface area contributed by atoms with Gasteiger partial charge < -0.3 is 18.5 Å². The number of hydrogen-bond donors (Lipinski definition) is 1. The molecule has 1 aromatic carbocycles. The average molecular weight is 394 g/mol. The van der Waals surface area contributed by atoms with Gasteiger partial charge in [-0.25, -0.2) is 5.01 Å². The summed E-state index contributed by atoms with van der Waals surface area (Å²) in [7, 11) is 3.60. The van der Waals surface area contributed by atoms with Crippen LogP contribution in [-0.4, -0.2) is 37.3 Å². The monoisotopic (exact) mass is 394 g/mol. The Labute approximate surface area is 169 Å². The van der Waals surface area contributed by atoms with E-state index in [9.17, 15) is 4.79 Å². The van der Waals surface area contributed by atoms with Crippen LogP contribution < -0.4 is 9.64 Å². The average Bonchev–Trinajstić information content (AvgIpc) is 3.48. The predicted molar refractivity (Wildman–Crippen MR) is 107 cm³/mol. The Balaban J connectivity index is 1.53. The number of quaternary nitrogens is 1. The second-order valence-corrected chi connectivity index (χ2v) is 7.14. The summed E-state index contributed by atoms with van der Waals surface area (Å²) in [6, 6.07) is 14.9. The number of furan rings is 2. The molecule has 0 bridgehead atoms. The lowest BCUT2D eigenvalue weighted by Crippen LogP contribution is -3.08. The molecule has 0 fully saturated rings. The van der Waals surface area contributed by atoms with Crippen LogP contribution in [0.15, 0.2) is 75.0 Å². The first-order chi connectivity index (χ1) is 14.1. The third-order valence-electron chi connectivity index (χ3n) is 4.97. The van der Waals surface area contributed by atoms with Gasteiger partial charge in [0.05, 0.1) is 32.4 Å². The second-order valence-electron chi connectivity index (χ2n) is 7.14. The van der Waals surface area contributed by atoms with Gasteiger partial charge in [0.1, 0.15) is 24.1 Å². The maximum Gasteiger partial charge on any atom is 0.298 e. The van der Waals surface area contributed by atoms with E-state index in [4.69, 9.17) is 13.6 Å². The van der Waals surface area contributed by atoms with Gasteiger partial charge in [-0.15, -0.1) is 0 Å². The molecule has 4 rings (SSSR count). The van der Waals surface area contributed by atoms with Crippen molar-refractivity contribution in [3.8, 4) is 5.75 Å². The van der Waals surface area contributed by atoms with E-state index in [2.05, 4.69) is 5.10 Å². The van der Waals surface area contributed by atoms with Gasteiger partial charge in [0.15, 0.2) is 12.3 Å². The molecule has 1 unspecified atom stereocenters. The van der Waals surface area contributed by atoms with Crippen LogP contribution in [0.3, 0.4) is 0 Å². The summed E-state index contributed by atoms with van der Waals surface area (Å²) in [6.45, 7) is 0.935. The maximum absolute atomic E-state index is 13.1. The lowest BCUT2D eigenvalue weighted by atomic mass is 10.0. The molecule has 1 N–H and O–H groups in total. The first-order valence-electron chi connectivity index (χ1n) is 9.55. The molecule has 0 radical (unpaired) electrons. The van der Waals surface area contributed by atoms with Gasteiger partial charge in [-0.05, 0) is 54.1 Å². The van der Waals surface area contributed by atoms with Gasteiger partial charge in [-0.1, -0.05) is 0 Å². The third-order valence-corrected chi connectivity index (χ3v) is 4.97. The van der Waals surface area contributed by atoms with Gasteiger partial charge in [0.2, 0.25) is 0 Å². The highest BCUT2D eigenvalue weighted by Crippen LogP contribution is 2.33. The normalized spacial score (nSPS) is 17.2. The number of ether oxygens (including phenoxy) is 1. The second kappa shape index (κ2) is 8.36. The maximum atomic E-state index is 13.1. The van der Waals surface area contributed by atoms with Crippen molar-refractivity contribution >= 4 is 11.6 Å². The smallest absolute Gasteiger partial charge is 0.298 e. The fourth-order valence-electron chi connectivity index (χ4n) is 3.51. The summed E-state index contributed by atoms with van der Waals surface area (Å²) in [4.78, 5) is 14.1. The lowest BCUT2D eigenvalue weighted by Gasteiger charge is -2.21. The fourth-order valence-corrected chi connectivity index (χ4v) is 3.51. The van der Waals surface area contributed by atoms with Crippen LogP contribution >= 0.6 is 0 Å². The van der Waals surface area contributed by atoms with E-state index in [0.29, 0.717) is 19.5 Å². The molecule has 0 spiro atoms. The van der Waals surface area contributed by atoms with Crippen molar-refractivity contribution in [1.29, 1.82) is 0 Å². The van der Waals surface area contributed by atoms with Gasteiger partial charge >= 0.3 is 0 Å². The molecule has 1 aliphatic heterocycles. The van der Waals surface area contributed by atoms with Crippen LogP contribution in [0.25, 0.3) is 0 Å². The summed E-state index contributed by atoms with van der Waals surface area (Å²) in [5, 5.41) is 6.22. The van der Waals surface area contributed by atoms with Gasteiger partial charge in [-0.3, -0.25) is 4.79 Å². The minimum absolute atomic E-state index is 0.0565. The fraction of sp³-hybridized carbons (Fsp3) is 0.273. The van der Waals surface area contributed by atoms with Crippen LogP contribution in [0, 0.1) is 0 Å². The standard InChI is InChI=1S/C22H23N3O4/c1-24(14-18-5-3-11-28-18)15-22(26)25-20(21-6-4-12-29-21)13-19(23-25)16-7-9-17(27-2)10-8-16/h3-12,20H,13-15H2,1-2H3/p+1/t20-/m0/s1. The summed E-state index contributed by atoms with van der Waals surface area (Å²) in [6.07, 6.45) is 3.86. The highest BCUT2D eigenvalue weighted by Gasteiger charge is 2.36. The number of carbonyl (C=O) groups excluding carboxylic acids is 1. The first kappa shape index (κ1) is 19.0. The molecule has 29 heavy (non-hydrogen) atoms. The van der Waals surface area contributed by atoms with Crippen molar-refractivity contribution in [1.82, 2.24) is 5.01 Å². The Morgan fingerprint density at radius 3 is 2.59 bits per heavy atom. The molecule has 3 aromatic rings. The van der Waals surface area contributed by atoms with Crippen LogP contribution in [-0.2, 0) is 11.3 Å². The summed E-state index contributed by atoms with van der Waals surface area (Å²) in [5.74, 6) is 2.31. The van der Waals surface area contributed by atoms with Crippen LogP contribution in [0.1, 0.15) is 29.5 Å². The van der Waals surface area contributed by atoms with Crippen molar-refractivity contribution in [2.45, 2.75) is 19.0 Å². The van der Waals surface area contributed by atoms with E-state index < -0.39 is 0 Å². The number of methoxy groups -OCH3 is 1. The molecule has 2 aromatic heterocycles. The quantitative estimate of drug-likeness (QED) is 0.667. The molecule has 0 saturated carbocycles. The molecule has 1 aliphatic rings. The van der Waals surface area contributed by atoms with Crippen molar-refractivity contribution in [2.24, 2.45) is 5.10 Å². The zero-order chi connectivity index (χ0) is 20.2. The van der Waals surface area contributed by atoms with Crippen LogP contribution in [0.4, 0.5) is 0 Å². The number of nitrogens with one attached hydrogen (secondary N) is 1. The Hall–Kier alpha value is -3.32. The number of nitrogens with zero attached hydrogens (tertiary/aromatic N) is 2. The molecular formula is C22H24N3O4+. The SMILES string of the molecule is COc1ccc(C2=NN(C(=O)C[NH+](C)Cc3ccco3)[C@H](c3ccco3)C2)cc1. The molecule has 7 nitrogen and oxygen atoms in total. The minimum atomic E-state index is -0.244. The van der Waals surface area contributed by atoms with E-state index in [1.165, 1.54) is 0 Å². The zero-order valence-corrected chi connectivity index (χ0v) is 16.5. The molecule has 0 saturated heterocycles. The number of hydrogen-bond acceptors (Lipinski definition) is 5. The van der Waals surface area contributed by atoms with E-state index in [1.54, 1.807) is 24.6 Å². The number of benzene rings is 1. The molecule has 2 atom stereocenters. The van der Waals surface area contributed by atoms with Crippen LogP contribution in [0.2, 0.25) is 0 Å². The van der Waals surface area contributed by atoms with E-state index >= 15 is 0 Å². The van der Waals surface area contributed by atoms with Gasteiger partial charge in [0.25, 0.3) is 5.91 Å². The minimum Gasteiger partial charge on any atom is -0.497 e. The topological polar surface area (TPSA) is 72.6 Å². The number of hydrazone groups is 1. The zero-order valence-electron chi connectivity index (χ0n) is 16.5. The van der Waals surface area contributed by atoms with Gasteiger partial charge in [-0.2, -0.15) is 5.10 Å².